The third-order valence-electron chi connectivity index (χ3n) is 14.8. The van der Waals surface area contributed by atoms with Crippen molar-refractivity contribution in [2.75, 3.05) is 13.2 Å². The van der Waals surface area contributed by atoms with Crippen LogP contribution in [0.15, 0.2) is 219 Å². The molecule has 502 valence electrons. The van der Waals surface area contributed by atoms with E-state index >= 15 is 0 Å². The number of unbranched alkanes of at least 4 members (excludes halogenated alkanes) is 20. The quantitative estimate of drug-likeness (QED) is 0.0373. The van der Waals surface area contributed by atoms with Gasteiger partial charge in [0, 0.05) is 12.8 Å². The first kappa shape index (κ1) is 84.2. The number of ether oxygens (including phenoxy) is 2. The van der Waals surface area contributed by atoms with Crippen LogP contribution < -0.4 is 0 Å². The van der Waals surface area contributed by atoms with Crippen LogP contribution in [0.2, 0.25) is 0 Å². The largest absolute Gasteiger partial charge is 0.462 e. The van der Waals surface area contributed by atoms with Gasteiger partial charge in [-0.15, -0.1) is 0 Å². The molecular weight excluding hydrogens is 1100 g/mol. The van der Waals surface area contributed by atoms with E-state index in [-0.39, 0.29) is 25.2 Å². The number of aliphatic hydroxyl groups is 1. The zero-order valence-electron chi connectivity index (χ0n) is 57.6. The Bertz CT molecular complexity index is 2130. The predicted octanol–water partition coefficient (Wildman–Crippen LogP) is 25.9. The summed E-state index contributed by atoms with van der Waals surface area (Å²) in [5.41, 5.74) is 0. The number of carbonyl (C=O) groups excluding carboxylic acids is 2. The van der Waals surface area contributed by atoms with Gasteiger partial charge >= 0.3 is 11.9 Å². The molecule has 0 aromatic carbocycles. The van der Waals surface area contributed by atoms with Gasteiger partial charge < -0.3 is 14.6 Å². The Hall–Kier alpha value is -5.78. The second kappa shape index (κ2) is 77.5. The molecule has 0 bridgehead atoms. The van der Waals surface area contributed by atoms with Crippen molar-refractivity contribution in [3.05, 3.63) is 219 Å². The molecule has 5 nitrogen and oxygen atoms in total. The topological polar surface area (TPSA) is 72.8 Å². The molecule has 0 aromatic heterocycles. The van der Waals surface area contributed by atoms with Gasteiger partial charge in [0.1, 0.15) is 6.61 Å². The van der Waals surface area contributed by atoms with Gasteiger partial charge in [0.25, 0.3) is 0 Å². The lowest BCUT2D eigenvalue weighted by molar-refractivity contribution is -0.161. The Morgan fingerprint density at radius 1 is 0.256 bits per heavy atom. The minimum atomic E-state index is -0.803. The van der Waals surface area contributed by atoms with E-state index in [0.29, 0.717) is 12.8 Å². The van der Waals surface area contributed by atoms with Crippen LogP contribution in [0, 0.1) is 0 Å². The minimum Gasteiger partial charge on any atom is -0.462 e. The molecule has 5 heteroatoms. The van der Waals surface area contributed by atoms with Crippen LogP contribution in [0.5, 0.6) is 0 Å². The zero-order valence-corrected chi connectivity index (χ0v) is 57.6. The fourth-order valence-corrected chi connectivity index (χ4v) is 9.42. The van der Waals surface area contributed by atoms with E-state index in [1.54, 1.807) is 0 Å². The van der Waals surface area contributed by atoms with Crippen molar-refractivity contribution in [1.29, 1.82) is 0 Å². The van der Waals surface area contributed by atoms with Crippen LogP contribution in [0.4, 0.5) is 0 Å². The van der Waals surface area contributed by atoms with Gasteiger partial charge in [-0.25, -0.2) is 0 Å². The molecular formula is C85H132O5. The standard InChI is InChI=1S/C85H132O5/c1-3-5-7-9-11-13-15-17-19-21-23-25-27-29-31-33-35-37-39-40-41-42-43-44-46-48-50-52-54-56-58-60-62-64-66-68-70-72-74-76-78-80-85(88)90-83(81-86)82-89-84(87)79-77-75-73-71-69-67-65-63-61-59-57-55-53-51-49-47-45-38-36-34-32-30-28-26-24-22-20-18-16-14-12-10-8-6-4-2/h5-8,11-14,17-20,23-26,29-32,35-38,40-41,43-44,48,50,54,56,60,62,66,68,83,86H,3-4,9-10,15-16,21-22,27-28,33-34,39,42,45-47,49,51-53,55,57-59,61,63-65,67,69-82H2,1-2H3/b7-5-,8-6-,13-11-,14-12-,19-17-,20-18-,25-23-,26-24-,31-29-,32-30-,37-35-,38-36-,41-40-,44-43-,50-48-,56-54-,62-60-,68-66-. The summed E-state index contributed by atoms with van der Waals surface area (Å²) in [4.78, 5) is 24.7. The first-order chi connectivity index (χ1) is 44.6. The third-order valence-corrected chi connectivity index (χ3v) is 14.8. The Balaban J connectivity index is 3.62. The van der Waals surface area contributed by atoms with E-state index in [2.05, 4.69) is 233 Å². The SMILES string of the molecule is CC/C=C\C/C=C\C/C=C\C/C=C\C/C=C\C/C=C\C/C=C\C/C=C\C/C=C\C/C=C\C/C=C\C/C=C\CCCCCCC(=O)OC(CO)COC(=O)CCCCCCCCCCCCCCCCCC/C=C\C/C=C\C/C=C\C/C=C\C/C=C\C/C=C\CC. The van der Waals surface area contributed by atoms with Gasteiger partial charge in [0.2, 0.25) is 0 Å². The van der Waals surface area contributed by atoms with E-state index in [4.69, 9.17) is 9.47 Å². The highest BCUT2D eigenvalue weighted by atomic mass is 16.6. The molecule has 1 atom stereocenters. The summed E-state index contributed by atoms with van der Waals surface area (Å²) < 4.78 is 10.7. The van der Waals surface area contributed by atoms with Crippen LogP contribution >= 0.6 is 0 Å². The van der Waals surface area contributed by atoms with Crippen LogP contribution in [0.1, 0.15) is 284 Å². The number of allylic oxidation sites excluding steroid dienone is 36. The summed E-state index contributed by atoms with van der Waals surface area (Å²) >= 11 is 0. The van der Waals surface area contributed by atoms with Gasteiger partial charge in [-0.3, -0.25) is 9.59 Å². The average Bonchev–Trinajstić information content (AvgIpc) is 3.60. The van der Waals surface area contributed by atoms with Crippen molar-refractivity contribution < 1.29 is 24.2 Å². The van der Waals surface area contributed by atoms with E-state index in [1.165, 1.54) is 89.9 Å². The number of carbonyl (C=O) groups is 2. The number of hydrogen-bond acceptors (Lipinski definition) is 5. The molecule has 1 N–H and O–H groups in total. The third kappa shape index (κ3) is 74.7. The average molecular weight is 1230 g/mol. The van der Waals surface area contributed by atoms with Gasteiger partial charge in [-0.2, -0.15) is 0 Å². The highest BCUT2D eigenvalue weighted by Gasteiger charge is 2.16. The second-order valence-electron chi connectivity index (χ2n) is 23.2. The first-order valence-electron chi connectivity index (χ1n) is 36.3. The molecule has 0 spiro atoms. The molecule has 0 heterocycles. The fraction of sp³-hybridized carbons (Fsp3) is 0.553. The van der Waals surface area contributed by atoms with Gasteiger partial charge in [0.05, 0.1) is 6.61 Å². The smallest absolute Gasteiger partial charge is 0.306 e. The lowest BCUT2D eigenvalue weighted by atomic mass is 10.0. The number of aliphatic hydroxyl groups excluding tert-OH is 1. The lowest BCUT2D eigenvalue weighted by Crippen LogP contribution is -2.28. The van der Waals surface area contributed by atoms with Crippen molar-refractivity contribution >= 4 is 11.9 Å². The summed E-state index contributed by atoms with van der Waals surface area (Å²) in [6.07, 6.45) is 125. The lowest BCUT2D eigenvalue weighted by Gasteiger charge is -2.15. The van der Waals surface area contributed by atoms with Gasteiger partial charge in [-0.1, -0.05) is 335 Å². The van der Waals surface area contributed by atoms with Crippen LogP contribution in [-0.4, -0.2) is 36.4 Å². The molecule has 1 unspecified atom stereocenters. The van der Waals surface area contributed by atoms with Gasteiger partial charge in [0.15, 0.2) is 6.10 Å². The summed E-state index contributed by atoms with van der Waals surface area (Å²) in [6, 6.07) is 0. The monoisotopic (exact) mass is 1230 g/mol. The van der Waals surface area contributed by atoms with Crippen LogP contribution in [-0.2, 0) is 19.1 Å². The molecule has 0 amide bonds. The predicted molar refractivity (Wildman–Crippen MR) is 398 cm³/mol. The molecule has 0 aliphatic carbocycles. The highest BCUT2D eigenvalue weighted by molar-refractivity contribution is 5.70. The number of esters is 2. The maximum atomic E-state index is 12.4. The van der Waals surface area contributed by atoms with Crippen molar-refractivity contribution in [1.82, 2.24) is 0 Å². The van der Waals surface area contributed by atoms with E-state index in [9.17, 15) is 14.7 Å². The molecule has 0 radical (unpaired) electrons. The van der Waals surface area contributed by atoms with E-state index < -0.39 is 6.10 Å². The van der Waals surface area contributed by atoms with Crippen molar-refractivity contribution in [2.45, 2.75) is 290 Å². The summed E-state index contributed by atoms with van der Waals surface area (Å²) in [6.45, 7) is 3.89. The minimum absolute atomic E-state index is 0.0883. The van der Waals surface area contributed by atoms with Crippen LogP contribution in [0.3, 0.4) is 0 Å². The molecule has 0 aliphatic rings. The van der Waals surface area contributed by atoms with Crippen LogP contribution in [0.25, 0.3) is 0 Å². The summed E-state index contributed by atoms with van der Waals surface area (Å²) in [5.74, 6) is -0.629. The van der Waals surface area contributed by atoms with Crippen molar-refractivity contribution in [3.63, 3.8) is 0 Å². The Labute approximate surface area is 554 Å². The van der Waals surface area contributed by atoms with Gasteiger partial charge in [-0.05, 0) is 154 Å². The zero-order chi connectivity index (χ0) is 64.7. The molecule has 0 aliphatic heterocycles. The van der Waals surface area contributed by atoms with Crippen molar-refractivity contribution in [2.24, 2.45) is 0 Å². The normalized spacial score (nSPS) is 13.6. The molecule has 0 saturated heterocycles. The molecule has 0 fully saturated rings. The number of hydrogen-bond donors (Lipinski definition) is 1. The summed E-state index contributed by atoms with van der Waals surface area (Å²) in [7, 11) is 0. The highest BCUT2D eigenvalue weighted by Crippen LogP contribution is 2.16. The van der Waals surface area contributed by atoms with E-state index in [1.807, 2.05) is 0 Å². The maximum absolute atomic E-state index is 12.4. The molecule has 0 aromatic rings. The molecule has 0 rings (SSSR count). The molecule has 90 heavy (non-hydrogen) atoms. The fourth-order valence-electron chi connectivity index (χ4n) is 9.42. The Morgan fingerprint density at radius 3 is 0.667 bits per heavy atom. The first-order valence-corrected chi connectivity index (χ1v) is 36.3. The van der Waals surface area contributed by atoms with Crippen molar-refractivity contribution in [3.8, 4) is 0 Å². The molecule has 0 saturated carbocycles. The van der Waals surface area contributed by atoms with E-state index in [0.717, 1.165) is 167 Å². The Morgan fingerprint density at radius 2 is 0.444 bits per heavy atom. The maximum Gasteiger partial charge on any atom is 0.306 e. The second-order valence-corrected chi connectivity index (χ2v) is 23.2. The number of rotatable bonds is 64. The Kier molecular flexibility index (Phi) is 72.5. The summed E-state index contributed by atoms with van der Waals surface area (Å²) in [5, 5.41) is 9.71.